The van der Waals surface area contributed by atoms with Crippen molar-refractivity contribution in [2.24, 2.45) is 0 Å². The Morgan fingerprint density at radius 1 is 1.03 bits per heavy atom. The van der Waals surface area contributed by atoms with Crippen molar-refractivity contribution in [2.45, 2.75) is 43.1 Å². The maximum absolute atomic E-state index is 13.9. The van der Waals surface area contributed by atoms with E-state index in [1.807, 2.05) is 34.9 Å². The van der Waals surface area contributed by atoms with Crippen LogP contribution in [0.15, 0.2) is 53.7 Å². The van der Waals surface area contributed by atoms with Gasteiger partial charge in [0.2, 0.25) is 5.91 Å². The van der Waals surface area contributed by atoms with Gasteiger partial charge in [-0.3, -0.25) is 14.3 Å². The summed E-state index contributed by atoms with van der Waals surface area (Å²) >= 11 is 1.20. The maximum atomic E-state index is 13.9. The van der Waals surface area contributed by atoms with Gasteiger partial charge in [0, 0.05) is 5.69 Å². The zero-order valence-corrected chi connectivity index (χ0v) is 18.6. The average Bonchev–Trinajstić information content (AvgIpc) is 3.19. The summed E-state index contributed by atoms with van der Waals surface area (Å²) < 4.78 is 29.8. The minimum Gasteiger partial charge on any atom is -0.320 e. The van der Waals surface area contributed by atoms with E-state index in [-0.39, 0.29) is 0 Å². The Morgan fingerprint density at radius 3 is 2.41 bits per heavy atom. The first-order valence-electron chi connectivity index (χ1n) is 10.7. The molecular formula is C23H25F2N5OS. The van der Waals surface area contributed by atoms with Gasteiger partial charge in [-0.05, 0) is 57.1 Å². The van der Waals surface area contributed by atoms with Crippen LogP contribution in [0.4, 0.5) is 14.5 Å². The summed E-state index contributed by atoms with van der Waals surface area (Å²) in [5.74, 6) is -1.34. The third kappa shape index (κ3) is 5.16. The summed E-state index contributed by atoms with van der Waals surface area (Å²) in [6.45, 7) is 4.39. The van der Waals surface area contributed by atoms with Crippen LogP contribution in [-0.4, -0.2) is 43.9 Å². The van der Waals surface area contributed by atoms with Crippen molar-refractivity contribution >= 4 is 23.4 Å². The Labute approximate surface area is 190 Å². The lowest BCUT2D eigenvalue weighted by Gasteiger charge is -2.26. The van der Waals surface area contributed by atoms with Crippen molar-refractivity contribution in [3.63, 3.8) is 0 Å². The van der Waals surface area contributed by atoms with E-state index in [9.17, 15) is 13.6 Å². The molecule has 1 aromatic heterocycles. The number of hydrogen-bond donors (Lipinski definition) is 1. The number of anilines is 1. The number of para-hydroxylation sites is 2. The van der Waals surface area contributed by atoms with Crippen molar-refractivity contribution < 1.29 is 13.6 Å². The highest BCUT2D eigenvalue weighted by molar-refractivity contribution is 8.00. The second-order valence-electron chi connectivity index (χ2n) is 7.75. The van der Waals surface area contributed by atoms with Crippen molar-refractivity contribution in [3.8, 4) is 5.69 Å². The van der Waals surface area contributed by atoms with E-state index in [1.54, 1.807) is 6.92 Å². The zero-order valence-electron chi connectivity index (χ0n) is 17.8. The molecule has 9 heteroatoms. The molecule has 1 fully saturated rings. The summed E-state index contributed by atoms with van der Waals surface area (Å²) in [6, 6.07) is 13.2. The molecule has 0 radical (unpaired) electrons. The number of carbonyl (C=O) groups excluding carboxylic acids is 1. The lowest BCUT2D eigenvalue weighted by Crippen LogP contribution is -2.30. The SMILES string of the molecule is CC(Sc1nnc(CN2CCCCC2)n1-c1ccccc1)C(=O)Nc1c(F)cccc1F. The van der Waals surface area contributed by atoms with Crippen LogP contribution in [0.2, 0.25) is 0 Å². The number of piperidine rings is 1. The van der Waals surface area contributed by atoms with E-state index in [4.69, 9.17) is 0 Å². The van der Waals surface area contributed by atoms with Crippen LogP contribution in [0, 0.1) is 11.6 Å². The number of aromatic nitrogens is 3. The first-order chi connectivity index (χ1) is 15.5. The fourth-order valence-electron chi connectivity index (χ4n) is 3.69. The Bertz CT molecular complexity index is 1050. The molecule has 1 N–H and O–H groups in total. The number of carbonyl (C=O) groups is 1. The van der Waals surface area contributed by atoms with Gasteiger partial charge in [-0.1, -0.05) is 42.4 Å². The Balaban J connectivity index is 1.55. The summed E-state index contributed by atoms with van der Waals surface area (Å²) in [5, 5.41) is 11.0. The highest BCUT2D eigenvalue weighted by Gasteiger charge is 2.24. The van der Waals surface area contributed by atoms with Gasteiger partial charge >= 0.3 is 0 Å². The predicted molar refractivity (Wildman–Crippen MR) is 121 cm³/mol. The molecule has 1 saturated heterocycles. The number of benzene rings is 2. The number of halogens is 2. The van der Waals surface area contributed by atoms with Gasteiger partial charge in [0.1, 0.15) is 17.3 Å². The van der Waals surface area contributed by atoms with Gasteiger partial charge in [0.25, 0.3) is 0 Å². The van der Waals surface area contributed by atoms with Crippen LogP contribution >= 0.6 is 11.8 Å². The first-order valence-corrected chi connectivity index (χ1v) is 11.5. The summed E-state index contributed by atoms with van der Waals surface area (Å²) in [6.07, 6.45) is 3.59. The molecule has 1 aliphatic rings. The molecule has 168 valence electrons. The van der Waals surface area contributed by atoms with Crippen molar-refractivity contribution in [3.05, 3.63) is 66.0 Å². The van der Waals surface area contributed by atoms with Crippen LogP contribution in [0.5, 0.6) is 0 Å². The molecule has 1 unspecified atom stereocenters. The quantitative estimate of drug-likeness (QED) is 0.523. The molecule has 0 bridgehead atoms. The van der Waals surface area contributed by atoms with Crippen molar-refractivity contribution in [2.75, 3.05) is 18.4 Å². The molecule has 0 spiro atoms. The van der Waals surface area contributed by atoms with E-state index in [1.165, 1.54) is 37.1 Å². The molecule has 2 aromatic carbocycles. The molecule has 1 aliphatic heterocycles. The second-order valence-corrected chi connectivity index (χ2v) is 9.06. The molecule has 32 heavy (non-hydrogen) atoms. The van der Waals surface area contributed by atoms with E-state index in [2.05, 4.69) is 20.4 Å². The standard InChI is InChI=1S/C23H25F2N5OS/c1-16(22(31)26-21-18(24)11-8-12-19(21)25)32-23-28-27-20(15-29-13-6-3-7-14-29)30(23)17-9-4-2-5-10-17/h2,4-5,8-12,16H,3,6-7,13-15H2,1H3,(H,26,31). The van der Waals surface area contributed by atoms with Gasteiger partial charge in [0.15, 0.2) is 11.0 Å². The molecule has 6 nitrogen and oxygen atoms in total. The average molecular weight is 458 g/mol. The Morgan fingerprint density at radius 2 is 1.72 bits per heavy atom. The van der Waals surface area contributed by atoms with E-state index >= 15 is 0 Å². The molecule has 1 amide bonds. The number of rotatable bonds is 7. The topological polar surface area (TPSA) is 63.1 Å². The van der Waals surface area contributed by atoms with Gasteiger partial charge in [-0.25, -0.2) is 8.78 Å². The number of nitrogens with one attached hydrogen (secondary N) is 1. The molecule has 4 rings (SSSR count). The molecular weight excluding hydrogens is 432 g/mol. The highest BCUT2D eigenvalue weighted by Crippen LogP contribution is 2.28. The van der Waals surface area contributed by atoms with E-state index < -0.39 is 28.5 Å². The van der Waals surface area contributed by atoms with Crippen molar-refractivity contribution in [1.82, 2.24) is 19.7 Å². The summed E-state index contributed by atoms with van der Waals surface area (Å²) in [4.78, 5) is 15.0. The monoisotopic (exact) mass is 457 g/mol. The summed E-state index contributed by atoms with van der Waals surface area (Å²) in [7, 11) is 0. The van der Waals surface area contributed by atoms with Gasteiger partial charge in [-0.15, -0.1) is 10.2 Å². The molecule has 0 aliphatic carbocycles. The highest BCUT2D eigenvalue weighted by atomic mass is 32.2. The van der Waals surface area contributed by atoms with Crippen LogP contribution in [-0.2, 0) is 11.3 Å². The smallest absolute Gasteiger partial charge is 0.237 e. The van der Waals surface area contributed by atoms with Gasteiger partial charge < -0.3 is 5.32 Å². The zero-order chi connectivity index (χ0) is 22.5. The van der Waals surface area contributed by atoms with Crippen molar-refractivity contribution in [1.29, 1.82) is 0 Å². The minimum atomic E-state index is -0.813. The van der Waals surface area contributed by atoms with Crippen LogP contribution in [0.1, 0.15) is 32.0 Å². The fraction of sp³-hybridized carbons (Fsp3) is 0.348. The predicted octanol–water partition coefficient (Wildman–Crippen LogP) is 4.65. The molecule has 2 heterocycles. The van der Waals surface area contributed by atoms with Gasteiger partial charge in [0.05, 0.1) is 11.8 Å². The van der Waals surface area contributed by atoms with Crippen LogP contribution < -0.4 is 5.32 Å². The number of amides is 1. The van der Waals surface area contributed by atoms with Crippen LogP contribution in [0.25, 0.3) is 5.69 Å². The molecule has 0 saturated carbocycles. The fourth-order valence-corrected chi connectivity index (χ4v) is 4.57. The Hall–Kier alpha value is -2.78. The Kier molecular flexibility index (Phi) is 7.16. The third-order valence-electron chi connectivity index (χ3n) is 5.39. The number of thioether (sulfide) groups is 1. The number of likely N-dealkylation sites (tertiary alicyclic amines) is 1. The number of hydrogen-bond acceptors (Lipinski definition) is 5. The third-order valence-corrected chi connectivity index (χ3v) is 6.43. The lowest BCUT2D eigenvalue weighted by atomic mass is 10.1. The van der Waals surface area contributed by atoms with Gasteiger partial charge in [-0.2, -0.15) is 0 Å². The minimum absolute atomic E-state index is 0.444. The second kappa shape index (κ2) is 10.2. The maximum Gasteiger partial charge on any atom is 0.237 e. The van der Waals surface area contributed by atoms with E-state index in [0.29, 0.717) is 11.7 Å². The lowest BCUT2D eigenvalue weighted by molar-refractivity contribution is -0.115. The van der Waals surface area contributed by atoms with E-state index in [0.717, 1.165) is 36.7 Å². The van der Waals surface area contributed by atoms with Crippen LogP contribution in [0.3, 0.4) is 0 Å². The largest absolute Gasteiger partial charge is 0.320 e. The summed E-state index contributed by atoms with van der Waals surface area (Å²) in [5.41, 5.74) is 0.458. The molecule has 1 atom stereocenters. The number of nitrogens with zero attached hydrogens (tertiary/aromatic N) is 4. The normalized spacial score (nSPS) is 15.5. The molecule has 3 aromatic rings. The first kappa shape index (κ1) is 22.4.